The summed E-state index contributed by atoms with van der Waals surface area (Å²) in [6, 6.07) is 10.6. The number of hydrogen-bond acceptors (Lipinski definition) is 13. The number of urea groups is 1. The molecule has 410 valence electrons. The summed E-state index contributed by atoms with van der Waals surface area (Å²) < 4.78 is 6.42. The molecule has 27 heteroatoms. The molecule has 26 nitrogen and oxygen atoms in total. The maximum atomic E-state index is 13.5. The van der Waals surface area contributed by atoms with E-state index in [2.05, 4.69) is 31.9 Å². The Morgan fingerprint density at radius 3 is 1.46 bits per heavy atom. The highest BCUT2D eigenvalue weighted by Gasteiger charge is 2.31. The largest absolute Gasteiger partial charge is 0.484 e. The fraction of sp³-hybridized carbons (Fsp3) is 0.388. The number of ether oxygens (including phenoxy) is 1. The summed E-state index contributed by atoms with van der Waals surface area (Å²) in [5.74, 6) is -12.3. The number of carbonyl (C=O) groups excluding carboxylic acids is 6. The minimum atomic E-state index is -1.63. The maximum absolute atomic E-state index is 13.5. The van der Waals surface area contributed by atoms with Gasteiger partial charge in [0.25, 0.3) is 11.8 Å². The first kappa shape index (κ1) is 61.9. The van der Waals surface area contributed by atoms with Crippen molar-refractivity contribution in [3.63, 3.8) is 0 Å². The van der Waals surface area contributed by atoms with Gasteiger partial charge in [-0.15, -0.1) is 0 Å². The number of amides is 7. The van der Waals surface area contributed by atoms with Crippen molar-refractivity contribution in [1.82, 2.24) is 37.2 Å². The van der Waals surface area contributed by atoms with E-state index < -0.39 is 153 Å². The second-order valence-electron chi connectivity index (χ2n) is 16.9. The summed E-state index contributed by atoms with van der Waals surface area (Å²) in [5.41, 5.74) is 1.19. The highest BCUT2D eigenvalue weighted by atomic mass is 127. The van der Waals surface area contributed by atoms with Gasteiger partial charge >= 0.3 is 41.8 Å². The monoisotopic (exact) mass is 1180 g/mol. The number of carboxylic acid groups (broad SMARTS) is 6. The lowest BCUT2D eigenvalue weighted by Crippen LogP contribution is -2.56. The van der Waals surface area contributed by atoms with E-state index >= 15 is 0 Å². The topological polar surface area (TPSA) is 420 Å². The summed E-state index contributed by atoms with van der Waals surface area (Å²) in [4.78, 5) is 148. The second-order valence-corrected chi connectivity index (χ2v) is 18.2. The minimum Gasteiger partial charge on any atom is -0.484 e. The van der Waals surface area contributed by atoms with Crippen molar-refractivity contribution in [3.05, 3.63) is 99.1 Å². The van der Waals surface area contributed by atoms with Crippen molar-refractivity contribution in [2.24, 2.45) is 0 Å². The molecule has 3 aromatic rings. The Labute approximate surface area is 447 Å². The van der Waals surface area contributed by atoms with Gasteiger partial charge in [-0.3, -0.25) is 38.4 Å². The molecule has 13 N–H and O–H groups in total. The number of unbranched alkanes of at least 4 members (excludes halogenated alkanes) is 1. The third kappa shape index (κ3) is 23.7. The van der Waals surface area contributed by atoms with Gasteiger partial charge in [-0.25, -0.2) is 19.2 Å². The number of carbonyl (C=O) groups is 12. The molecular weight excluding hydrogens is 1120 g/mol. The summed E-state index contributed by atoms with van der Waals surface area (Å²) in [5, 5.41) is 72.9. The maximum Gasteiger partial charge on any atom is 0.326 e. The predicted octanol–water partition coefficient (Wildman–Crippen LogP) is 0.879. The lowest BCUT2D eigenvalue weighted by atomic mass is 10.0. The van der Waals surface area contributed by atoms with Gasteiger partial charge in [-0.1, -0.05) is 42.5 Å². The molecule has 0 radical (unpaired) electrons. The zero-order valence-electron chi connectivity index (χ0n) is 40.5. The summed E-state index contributed by atoms with van der Waals surface area (Å²) in [6.45, 7) is -0.551. The smallest absolute Gasteiger partial charge is 0.326 e. The first-order valence-electron chi connectivity index (χ1n) is 23.4. The fourth-order valence-electron chi connectivity index (χ4n) is 7.01. The molecule has 0 aromatic heterocycles. The second kappa shape index (κ2) is 32.0. The van der Waals surface area contributed by atoms with Gasteiger partial charge in [-0.05, 0) is 109 Å². The highest BCUT2D eigenvalue weighted by Crippen LogP contribution is 2.15. The quantitative estimate of drug-likeness (QED) is 0.0291. The van der Waals surface area contributed by atoms with E-state index in [-0.39, 0.29) is 50.0 Å². The SMILES string of the molecule is O=C(O)CC[C@H](NC(=O)N[C@@H](CCCCNC(=O)[C@H](Cc1ccccc1)NC(=O)COc1ccc(C[C@H](NC(=O)[C@H](CCC(=O)O)NC(=O)[C@H](CCC(=O)O)NC(=O)c2ccc(I)cc2)C(=O)O)cc1)C(=O)O)C(=O)O. The molecule has 0 unspecified atom stereocenters. The fourth-order valence-corrected chi connectivity index (χ4v) is 7.37. The predicted molar refractivity (Wildman–Crippen MR) is 272 cm³/mol. The van der Waals surface area contributed by atoms with Crippen LogP contribution in [0.4, 0.5) is 4.79 Å². The van der Waals surface area contributed by atoms with Crippen LogP contribution < -0.4 is 42.0 Å². The third-order valence-corrected chi connectivity index (χ3v) is 11.7. The first-order valence-corrected chi connectivity index (χ1v) is 24.5. The van der Waals surface area contributed by atoms with Crippen molar-refractivity contribution in [3.8, 4) is 5.75 Å². The molecule has 0 aliphatic heterocycles. The molecule has 3 aromatic carbocycles. The molecule has 0 spiro atoms. The van der Waals surface area contributed by atoms with Crippen LogP contribution in [-0.4, -0.2) is 151 Å². The lowest BCUT2D eigenvalue weighted by molar-refractivity contribution is -0.143. The lowest BCUT2D eigenvalue weighted by Gasteiger charge is -2.24. The van der Waals surface area contributed by atoms with Crippen molar-refractivity contribution < 1.29 is 92.9 Å². The van der Waals surface area contributed by atoms with Crippen molar-refractivity contribution in [1.29, 1.82) is 0 Å². The molecule has 0 fully saturated rings. The molecule has 0 saturated heterocycles. The molecule has 0 bridgehead atoms. The molecule has 0 saturated carbocycles. The highest BCUT2D eigenvalue weighted by molar-refractivity contribution is 14.1. The Morgan fingerprint density at radius 2 is 0.934 bits per heavy atom. The number of hydrogen-bond donors (Lipinski definition) is 13. The Bertz CT molecular complexity index is 2530. The average molecular weight is 1180 g/mol. The molecule has 7 amide bonds. The van der Waals surface area contributed by atoms with Crippen LogP contribution in [0, 0.1) is 3.57 Å². The number of carboxylic acids is 6. The van der Waals surface area contributed by atoms with Gasteiger partial charge in [0.15, 0.2) is 6.61 Å². The van der Waals surface area contributed by atoms with Gasteiger partial charge in [0.05, 0.1) is 0 Å². The van der Waals surface area contributed by atoms with Gasteiger partial charge in [0.2, 0.25) is 17.7 Å². The summed E-state index contributed by atoms with van der Waals surface area (Å²) in [6.07, 6.45) is -3.11. The Hall–Kier alpha value is -8.37. The van der Waals surface area contributed by atoms with Crippen molar-refractivity contribution in [2.75, 3.05) is 13.2 Å². The normalized spacial score (nSPS) is 13.1. The van der Waals surface area contributed by atoms with Crippen LogP contribution in [0.3, 0.4) is 0 Å². The van der Waals surface area contributed by atoms with Crippen LogP contribution >= 0.6 is 22.6 Å². The number of rotatable bonds is 34. The molecule has 6 atom stereocenters. The Morgan fingerprint density at radius 1 is 0.461 bits per heavy atom. The van der Waals surface area contributed by atoms with E-state index in [0.29, 0.717) is 11.1 Å². The van der Waals surface area contributed by atoms with E-state index in [4.69, 9.17) is 9.84 Å². The van der Waals surface area contributed by atoms with Crippen LogP contribution in [-0.2, 0) is 60.8 Å². The van der Waals surface area contributed by atoms with Gasteiger partial charge in [0.1, 0.15) is 42.0 Å². The van der Waals surface area contributed by atoms with Crippen LogP contribution in [0.25, 0.3) is 0 Å². The van der Waals surface area contributed by atoms with Gasteiger partial charge < -0.3 is 72.6 Å². The molecule has 0 heterocycles. The molecule has 0 aliphatic rings. The minimum absolute atomic E-state index is 0.0264. The van der Waals surface area contributed by atoms with E-state index in [1.807, 2.05) is 27.9 Å². The summed E-state index contributed by atoms with van der Waals surface area (Å²) in [7, 11) is 0. The molecule has 3 rings (SSSR count). The Kier molecular flexibility index (Phi) is 26.1. The number of aliphatic carboxylic acids is 6. The number of nitrogens with one attached hydrogen (secondary N) is 7. The van der Waals surface area contributed by atoms with Crippen LogP contribution in [0.1, 0.15) is 79.3 Å². The van der Waals surface area contributed by atoms with Gasteiger partial charge in [-0.2, -0.15) is 0 Å². The zero-order chi connectivity index (χ0) is 56.3. The van der Waals surface area contributed by atoms with Crippen molar-refractivity contribution in [2.45, 2.75) is 107 Å². The summed E-state index contributed by atoms with van der Waals surface area (Å²) >= 11 is 2.02. The number of halogens is 1. The van der Waals surface area contributed by atoms with Crippen molar-refractivity contribution >= 4 is 94.0 Å². The van der Waals surface area contributed by atoms with Gasteiger partial charge in [0, 0.05) is 47.8 Å². The molecular formula is C49H58IN7O19. The number of benzene rings is 3. The van der Waals surface area contributed by atoms with Crippen LogP contribution in [0.5, 0.6) is 5.75 Å². The van der Waals surface area contributed by atoms with E-state index in [9.17, 15) is 83.1 Å². The zero-order valence-corrected chi connectivity index (χ0v) is 42.7. The van der Waals surface area contributed by atoms with Crippen LogP contribution in [0.15, 0.2) is 78.9 Å². The first-order chi connectivity index (χ1) is 36.0. The van der Waals surface area contributed by atoms with E-state index in [1.54, 1.807) is 42.5 Å². The third-order valence-electron chi connectivity index (χ3n) is 11.0. The molecule has 76 heavy (non-hydrogen) atoms. The van der Waals surface area contributed by atoms with Crippen LogP contribution in [0.2, 0.25) is 0 Å². The van der Waals surface area contributed by atoms with E-state index in [0.717, 1.165) is 3.57 Å². The van der Waals surface area contributed by atoms with E-state index in [1.165, 1.54) is 36.4 Å². The Balaban J connectivity index is 1.59. The average Bonchev–Trinajstić information content (AvgIpc) is 3.36. The molecule has 0 aliphatic carbocycles. The standard InChI is InChI=1S/C49H58IN7O19/c50-30-13-11-29(12-14-30)42(65)53-32(17-20-39(59)60)44(67)54-33(18-21-40(61)62)45(68)55-37(48(73)74)25-28-9-15-31(16-10-28)76-26-38(58)52-36(24-27-6-2-1-3-7-27)43(66)51-23-5-4-8-34(46(69)70)56-49(75)57-35(47(71)72)19-22-41(63)64/h1-3,6-7,9-16,32-37H,4-5,8,17-26H2,(H,51,66)(H,52,58)(H,53,65)(H,54,67)(H,55,68)(H,59,60)(H,61,62)(H,63,64)(H,69,70)(H,71,72)(H,73,74)(H2,56,57,75)/t32-,33-,34-,35-,36-,37-/m0/s1.